The van der Waals surface area contributed by atoms with Gasteiger partial charge in [0.1, 0.15) is 0 Å². The average molecular weight is 227 g/mol. The molecule has 1 saturated heterocycles. The van der Waals surface area contributed by atoms with Crippen molar-refractivity contribution in [2.75, 3.05) is 6.54 Å². The summed E-state index contributed by atoms with van der Waals surface area (Å²) in [7, 11) is 0. The van der Waals surface area contributed by atoms with Crippen molar-refractivity contribution in [3.63, 3.8) is 0 Å². The van der Waals surface area contributed by atoms with Gasteiger partial charge in [0.25, 0.3) is 0 Å². The molecule has 1 aliphatic rings. The summed E-state index contributed by atoms with van der Waals surface area (Å²) in [6.45, 7) is 12.7. The molecule has 0 unspecified atom stereocenters. The highest BCUT2D eigenvalue weighted by Gasteiger charge is 2.43. The van der Waals surface area contributed by atoms with Gasteiger partial charge in [-0.15, -0.1) is 0 Å². The van der Waals surface area contributed by atoms with Crippen LogP contribution in [-0.2, 0) is 0 Å². The van der Waals surface area contributed by atoms with Crippen molar-refractivity contribution in [1.29, 1.82) is 0 Å². The second kappa shape index (κ2) is 4.50. The van der Waals surface area contributed by atoms with Crippen LogP contribution in [0.2, 0.25) is 0 Å². The minimum Gasteiger partial charge on any atom is -0.289 e. The van der Waals surface area contributed by atoms with E-state index in [1.807, 2.05) is 0 Å². The minimum atomic E-state index is 0.103. The van der Waals surface area contributed by atoms with E-state index >= 15 is 0 Å². The van der Waals surface area contributed by atoms with Crippen molar-refractivity contribution in [3.05, 3.63) is 0 Å². The molecule has 0 bridgehead atoms. The van der Waals surface area contributed by atoms with E-state index in [1.54, 1.807) is 0 Å². The van der Waals surface area contributed by atoms with Gasteiger partial charge in [-0.3, -0.25) is 4.90 Å². The topological polar surface area (TPSA) is 3.24 Å². The van der Waals surface area contributed by atoms with E-state index in [2.05, 4.69) is 39.5 Å². The molecule has 0 atom stereocenters. The Morgan fingerprint density at radius 1 is 1.27 bits per heavy atom. The summed E-state index contributed by atoms with van der Waals surface area (Å²) >= 11 is 5.53. The zero-order valence-corrected chi connectivity index (χ0v) is 11.7. The highest BCUT2D eigenvalue weighted by Crippen LogP contribution is 2.36. The summed E-state index contributed by atoms with van der Waals surface area (Å²) < 4.78 is 0. The number of likely N-dealkylation sites (tertiary alicyclic amines) is 1. The van der Waals surface area contributed by atoms with Gasteiger partial charge in [0, 0.05) is 15.9 Å². The molecule has 1 rings (SSSR count). The lowest BCUT2D eigenvalue weighted by molar-refractivity contribution is 0.0335. The minimum absolute atomic E-state index is 0.103. The van der Waals surface area contributed by atoms with E-state index < -0.39 is 0 Å². The van der Waals surface area contributed by atoms with Gasteiger partial charge in [-0.1, -0.05) is 25.6 Å². The molecule has 0 saturated carbocycles. The van der Waals surface area contributed by atoms with E-state index in [-0.39, 0.29) is 5.54 Å². The van der Waals surface area contributed by atoms with E-state index in [9.17, 15) is 0 Å². The van der Waals surface area contributed by atoms with Crippen molar-refractivity contribution in [2.24, 2.45) is 0 Å². The summed E-state index contributed by atoms with van der Waals surface area (Å²) in [5, 5.41) is 0. The SMILES string of the molecule is CCCCN1C(C)(C)CCC(=S)C1(C)C. The van der Waals surface area contributed by atoms with E-state index in [0.29, 0.717) is 5.54 Å². The molecule has 0 spiro atoms. The molecule has 15 heavy (non-hydrogen) atoms. The number of unbranched alkanes of at least 4 members (excludes halogenated alkanes) is 1. The molecule has 88 valence electrons. The van der Waals surface area contributed by atoms with Crippen LogP contribution in [0.3, 0.4) is 0 Å². The maximum atomic E-state index is 5.53. The summed E-state index contributed by atoms with van der Waals surface area (Å²) in [5.41, 5.74) is 0.410. The smallest absolute Gasteiger partial charge is 0.0472 e. The van der Waals surface area contributed by atoms with E-state index in [4.69, 9.17) is 12.2 Å². The molecule has 1 heterocycles. The second-order valence-electron chi connectivity index (χ2n) is 5.80. The Hall–Kier alpha value is 0.0500. The third kappa shape index (κ3) is 2.59. The van der Waals surface area contributed by atoms with E-state index in [0.717, 1.165) is 6.42 Å². The zero-order chi connectivity index (χ0) is 11.7. The quantitative estimate of drug-likeness (QED) is 0.675. The fourth-order valence-electron chi connectivity index (χ4n) is 2.67. The molecule has 1 nitrogen and oxygen atoms in total. The van der Waals surface area contributed by atoms with Crippen LogP contribution in [0.4, 0.5) is 0 Å². The van der Waals surface area contributed by atoms with Crippen LogP contribution in [0.25, 0.3) is 0 Å². The van der Waals surface area contributed by atoms with Crippen molar-refractivity contribution in [1.82, 2.24) is 4.90 Å². The van der Waals surface area contributed by atoms with Gasteiger partial charge < -0.3 is 0 Å². The Bertz CT molecular complexity index is 243. The Morgan fingerprint density at radius 2 is 1.87 bits per heavy atom. The molecule has 2 heteroatoms. The van der Waals surface area contributed by atoms with Gasteiger partial charge in [-0.05, 0) is 53.5 Å². The van der Waals surface area contributed by atoms with Gasteiger partial charge in [0.05, 0.1) is 0 Å². The predicted octanol–water partition coefficient (Wildman–Crippen LogP) is 3.81. The third-order valence-corrected chi connectivity index (χ3v) is 4.49. The Labute approximate surface area is 100 Å². The van der Waals surface area contributed by atoms with Gasteiger partial charge >= 0.3 is 0 Å². The highest BCUT2D eigenvalue weighted by atomic mass is 32.1. The number of hydrogen-bond acceptors (Lipinski definition) is 2. The number of rotatable bonds is 3. The second-order valence-corrected chi connectivity index (χ2v) is 6.29. The first kappa shape index (κ1) is 13.1. The molecule has 0 radical (unpaired) electrons. The monoisotopic (exact) mass is 227 g/mol. The summed E-state index contributed by atoms with van der Waals surface area (Å²) in [4.78, 5) is 3.84. The van der Waals surface area contributed by atoms with Crippen LogP contribution in [0, 0.1) is 0 Å². The normalized spacial score (nSPS) is 25.5. The first-order valence-electron chi connectivity index (χ1n) is 6.13. The molecule has 1 fully saturated rings. The maximum Gasteiger partial charge on any atom is 0.0472 e. The van der Waals surface area contributed by atoms with Gasteiger partial charge in [0.15, 0.2) is 0 Å². The molecule has 0 aliphatic carbocycles. The Kier molecular flexibility index (Phi) is 3.94. The first-order valence-corrected chi connectivity index (χ1v) is 6.54. The largest absolute Gasteiger partial charge is 0.289 e. The zero-order valence-electron chi connectivity index (χ0n) is 10.9. The van der Waals surface area contributed by atoms with Gasteiger partial charge in [0.2, 0.25) is 0 Å². The molecule has 0 amide bonds. The third-order valence-electron chi connectivity index (χ3n) is 3.79. The van der Waals surface area contributed by atoms with Crippen LogP contribution in [-0.4, -0.2) is 27.4 Å². The van der Waals surface area contributed by atoms with Crippen molar-refractivity contribution >= 4 is 17.1 Å². The fraction of sp³-hybridized carbons (Fsp3) is 0.923. The van der Waals surface area contributed by atoms with Crippen LogP contribution < -0.4 is 0 Å². The number of nitrogens with zero attached hydrogens (tertiary/aromatic N) is 1. The molecule has 0 aromatic heterocycles. The Morgan fingerprint density at radius 3 is 2.40 bits per heavy atom. The molecule has 0 aromatic rings. The van der Waals surface area contributed by atoms with Gasteiger partial charge in [-0.2, -0.15) is 0 Å². The molecular formula is C13H25NS. The highest BCUT2D eigenvalue weighted by molar-refractivity contribution is 7.80. The number of hydrogen-bond donors (Lipinski definition) is 0. The summed E-state index contributed by atoms with van der Waals surface area (Å²) in [5.74, 6) is 0. The molecule has 1 aliphatic heterocycles. The molecular weight excluding hydrogens is 202 g/mol. The van der Waals surface area contributed by atoms with Crippen molar-refractivity contribution < 1.29 is 0 Å². The van der Waals surface area contributed by atoms with Crippen molar-refractivity contribution in [2.45, 2.75) is 71.4 Å². The predicted molar refractivity (Wildman–Crippen MR) is 71.6 cm³/mol. The summed E-state index contributed by atoms with van der Waals surface area (Å²) in [6.07, 6.45) is 4.85. The average Bonchev–Trinajstić information content (AvgIpc) is 2.12. The lowest BCUT2D eigenvalue weighted by Crippen LogP contribution is -2.62. The van der Waals surface area contributed by atoms with E-state index in [1.165, 1.54) is 30.7 Å². The van der Waals surface area contributed by atoms with Crippen LogP contribution in [0.1, 0.15) is 60.3 Å². The first-order chi connectivity index (χ1) is 6.82. The Balaban J connectivity index is 2.86. The number of piperidine rings is 1. The van der Waals surface area contributed by atoms with Crippen LogP contribution >= 0.6 is 12.2 Å². The number of thiocarbonyl (C=S) groups is 1. The molecule has 0 N–H and O–H groups in total. The molecule has 0 aromatic carbocycles. The van der Waals surface area contributed by atoms with Crippen LogP contribution in [0.5, 0.6) is 0 Å². The summed E-state index contributed by atoms with van der Waals surface area (Å²) in [6, 6.07) is 0. The standard InChI is InChI=1S/C13H25NS/c1-6-7-10-14-12(2,3)9-8-11(15)13(14,4)5/h6-10H2,1-5H3. The lowest BCUT2D eigenvalue weighted by Gasteiger charge is -2.53. The maximum absolute atomic E-state index is 5.53. The van der Waals surface area contributed by atoms with Gasteiger partial charge in [-0.25, -0.2) is 0 Å². The van der Waals surface area contributed by atoms with Crippen LogP contribution in [0.15, 0.2) is 0 Å². The fourth-order valence-corrected chi connectivity index (χ4v) is 2.88. The lowest BCUT2D eigenvalue weighted by atomic mass is 9.79. The van der Waals surface area contributed by atoms with Crippen molar-refractivity contribution in [3.8, 4) is 0 Å².